The van der Waals surface area contributed by atoms with E-state index in [2.05, 4.69) is 27.0 Å². The Balaban J connectivity index is 1.91. The largest absolute Gasteiger partial charge is 0.459 e. The number of aliphatic hydroxyl groups excluding tert-OH is 1. The number of cyclic esters (lactones) is 1. The SMILES string of the molecule is CC[C@H]1OC(=O)[C@H](C)C(=O)[C@H](C)[C@@H](O[C@@H]2O[C@H](C)C[C@H](N(C)C)[C@H]2O)[C@@]2(C)C[C@@H](C)C(=NC(C)=O)[C@H](C)C(OC/C(=N\OCC#Cc3cccc(N)n3)CO2)[C@]1(C)O. The molecule has 13 atom stereocenters. The van der Waals surface area contributed by atoms with Gasteiger partial charge in [-0.1, -0.05) is 44.8 Å². The standard InChI is InChI=1S/C42H63N5O11/c1-12-32-42(9,52)38-25(4)34(44-28(7)48)23(2)20-41(8,54-22-30(21-53-38)46-55-18-14-16-29-15-13-17-33(43)45-29)37(26(5)35(49)27(6)39(51)57-32)58-40-36(50)31(47(10)11)19-24(3)56-40/h13,15,17,23-27,31-32,36-38,40,50,52H,12,18-22H2,1-11H3,(H2,43,45)/b44-34?,46-30+/t23-,24-,25+,26+,27-,31+,32-,36-,37-,38?,40+,41-,42-/m1/s1. The van der Waals surface area contributed by atoms with Crippen molar-refractivity contribution in [3.8, 4) is 11.8 Å². The monoisotopic (exact) mass is 813 g/mol. The first-order chi connectivity index (χ1) is 27.2. The van der Waals surface area contributed by atoms with Crippen LogP contribution in [0.5, 0.6) is 0 Å². The third-order valence-corrected chi connectivity index (χ3v) is 11.4. The summed E-state index contributed by atoms with van der Waals surface area (Å²) in [5, 5.41) is 28.3. The average molecular weight is 814 g/mol. The quantitative estimate of drug-likeness (QED) is 0.124. The zero-order chi connectivity index (χ0) is 43.1. The fraction of sp³-hybridized carbons (Fsp3) is 0.714. The minimum absolute atomic E-state index is 0.124. The molecule has 4 rings (SSSR count). The van der Waals surface area contributed by atoms with Crippen molar-refractivity contribution in [2.45, 2.75) is 136 Å². The van der Waals surface area contributed by atoms with Crippen LogP contribution in [0.25, 0.3) is 0 Å². The Bertz CT molecular complexity index is 1740. The highest BCUT2D eigenvalue weighted by Gasteiger charge is 2.53. The number of ketones is 1. The Kier molecular flexibility index (Phi) is 16.1. The molecule has 16 heteroatoms. The van der Waals surface area contributed by atoms with Crippen molar-refractivity contribution in [1.82, 2.24) is 9.88 Å². The van der Waals surface area contributed by atoms with E-state index in [0.717, 1.165) is 0 Å². The van der Waals surface area contributed by atoms with Crippen LogP contribution < -0.4 is 5.73 Å². The number of amides is 1. The summed E-state index contributed by atoms with van der Waals surface area (Å²) >= 11 is 0. The summed E-state index contributed by atoms with van der Waals surface area (Å²) in [4.78, 5) is 57.2. The number of oxime groups is 1. The third kappa shape index (κ3) is 11.3. The second-order valence-electron chi connectivity index (χ2n) is 16.6. The number of fused-ring (bicyclic) bond motifs is 5. The molecule has 3 fully saturated rings. The Morgan fingerprint density at radius 2 is 1.83 bits per heavy atom. The lowest BCUT2D eigenvalue weighted by Crippen LogP contribution is -2.60. The number of pyridine rings is 1. The number of nitrogens with two attached hydrogens (primary N) is 1. The van der Waals surface area contributed by atoms with E-state index in [-0.39, 0.29) is 50.5 Å². The highest BCUT2D eigenvalue weighted by Crippen LogP contribution is 2.40. The lowest BCUT2D eigenvalue weighted by Gasteiger charge is -2.47. The second kappa shape index (κ2) is 20.0. The van der Waals surface area contributed by atoms with Crippen LogP contribution in [-0.4, -0.2) is 137 Å². The molecule has 0 aromatic carbocycles. The molecule has 1 amide bonds. The molecular formula is C42H63N5O11. The molecule has 58 heavy (non-hydrogen) atoms. The van der Waals surface area contributed by atoms with Crippen molar-refractivity contribution >= 4 is 34.9 Å². The van der Waals surface area contributed by atoms with E-state index in [0.29, 0.717) is 23.6 Å². The molecule has 0 spiro atoms. The number of anilines is 1. The van der Waals surface area contributed by atoms with Crippen LogP contribution in [-0.2, 0) is 42.9 Å². The van der Waals surface area contributed by atoms with Crippen molar-refractivity contribution < 1.29 is 53.1 Å². The summed E-state index contributed by atoms with van der Waals surface area (Å²) < 4.78 is 32.3. The van der Waals surface area contributed by atoms with Crippen LogP contribution in [0.1, 0.15) is 87.3 Å². The summed E-state index contributed by atoms with van der Waals surface area (Å²) in [6, 6.07) is 4.77. The molecule has 3 aliphatic heterocycles. The van der Waals surface area contributed by atoms with Crippen molar-refractivity contribution in [3.05, 3.63) is 23.9 Å². The molecule has 1 aromatic rings. The van der Waals surface area contributed by atoms with Gasteiger partial charge in [-0.05, 0) is 85.0 Å². The van der Waals surface area contributed by atoms with Gasteiger partial charge < -0.3 is 49.4 Å². The normalized spacial score (nSPS) is 38.2. The van der Waals surface area contributed by atoms with Crippen LogP contribution in [0.3, 0.4) is 0 Å². The number of carbonyl (C=O) groups excluding carboxylic acids is 3. The van der Waals surface area contributed by atoms with Gasteiger partial charge in [0.15, 0.2) is 18.7 Å². The molecule has 2 bridgehead atoms. The predicted molar refractivity (Wildman–Crippen MR) is 216 cm³/mol. The van der Waals surface area contributed by atoms with Gasteiger partial charge in [0.05, 0.1) is 37.1 Å². The molecule has 0 radical (unpaired) electrons. The van der Waals surface area contributed by atoms with Crippen molar-refractivity contribution in [2.24, 2.45) is 33.8 Å². The number of aliphatic imine (C=N–C) groups is 1. The average Bonchev–Trinajstić information content (AvgIpc) is 3.17. The van der Waals surface area contributed by atoms with E-state index in [1.807, 2.05) is 32.8 Å². The number of nitrogen functional groups attached to an aromatic ring is 1. The molecule has 322 valence electrons. The molecule has 4 heterocycles. The minimum Gasteiger partial charge on any atom is -0.459 e. The molecule has 4 N–H and O–H groups in total. The van der Waals surface area contributed by atoms with Gasteiger partial charge in [-0.15, -0.1) is 0 Å². The third-order valence-electron chi connectivity index (χ3n) is 11.4. The lowest BCUT2D eigenvalue weighted by molar-refractivity contribution is -0.296. The number of aromatic nitrogens is 1. The van der Waals surface area contributed by atoms with Gasteiger partial charge >= 0.3 is 5.97 Å². The number of esters is 1. The number of aliphatic hydroxyl groups is 2. The van der Waals surface area contributed by atoms with Crippen LogP contribution >= 0.6 is 0 Å². The molecule has 0 aliphatic carbocycles. The Labute approximate surface area is 342 Å². The second-order valence-corrected chi connectivity index (χ2v) is 16.6. The summed E-state index contributed by atoms with van der Waals surface area (Å²) in [5.74, 6) is 0.674. The van der Waals surface area contributed by atoms with Crippen LogP contribution in [0, 0.1) is 35.5 Å². The summed E-state index contributed by atoms with van der Waals surface area (Å²) in [5.41, 5.74) is 3.61. The maximum atomic E-state index is 14.5. The first kappa shape index (κ1) is 46.9. The summed E-state index contributed by atoms with van der Waals surface area (Å²) in [6.45, 7) is 14.4. The van der Waals surface area contributed by atoms with Crippen LogP contribution in [0.4, 0.5) is 5.82 Å². The molecule has 3 saturated heterocycles. The Morgan fingerprint density at radius 1 is 1.12 bits per heavy atom. The fourth-order valence-corrected chi connectivity index (χ4v) is 8.41. The predicted octanol–water partition coefficient (Wildman–Crippen LogP) is 2.95. The van der Waals surface area contributed by atoms with Gasteiger partial charge in [0.1, 0.15) is 41.0 Å². The number of ether oxygens (including phenoxy) is 5. The lowest BCUT2D eigenvalue weighted by atomic mass is 9.73. The number of carbonyl (C=O) groups is 3. The van der Waals surface area contributed by atoms with Crippen molar-refractivity contribution in [1.29, 1.82) is 0 Å². The maximum absolute atomic E-state index is 14.5. The van der Waals surface area contributed by atoms with Gasteiger partial charge in [-0.2, -0.15) is 0 Å². The van der Waals surface area contributed by atoms with Gasteiger partial charge in [0.2, 0.25) is 5.91 Å². The number of hydrogen-bond donors (Lipinski definition) is 3. The van der Waals surface area contributed by atoms with E-state index in [9.17, 15) is 24.6 Å². The van der Waals surface area contributed by atoms with E-state index in [1.54, 1.807) is 45.9 Å². The number of rotatable bonds is 6. The Hall–Kier alpha value is -3.82. The smallest absolute Gasteiger partial charge is 0.316 e. The first-order valence-electron chi connectivity index (χ1n) is 20.1. The van der Waals surface area contributed by atoms with E-state index in [4.69, 9.17) is 34.3 Å². The molecule has 0 saturated carbocycles. The number of likely N-dealkylation sites (N-methyl/N-ethyl adjacent to an activating group) is 1. The molecule has 1 unspecified atom stereocenters. The molecular weight excluding hydrogens is 750 g/mol. The molecule has 3 aliphatic rings. The zero-order valence-electron chi connectivity index (χ0n) is 35.8. The van der Waals surface area contributed by atoms with Gasteiger partial charge in [0, 0.05) is 30.5 Å². The summed E-state index contributed by atoms with van der Waals surface area (Å²) in [6.07, 6.45) is -5.20. The van der Waals surface area contributed by atoms with Crippen molar-refractivity contribution in [2.75, 3.05) is 39.6 Å². The summed E-state index contributed by atoms with van der Waals surface area (Å²) in [7, 11) is 3.72. The zero-order valence-corrected chi connectivity index (χ0v) is 35.8. The number of Topliss-reactive ketones (excluding diaryl/α,β-unsaturated/α-hetero) is 1. The molecule has 1 aromatic heterocycles. The van der Waals surface area contributed by atoms with E-state index < -0.39 is 83.2 Å². The van der Waals surface area contributed by atoms with Gasteiger partial charge in [0.25, 0.3) is 0 Å². The molecule has 16 nitrogen and oxygen atoms in total. The highest BCUT2D eigenvalue weighted by atomic mass is 16.7. The topological polar surface area (TPSA) is 214 Å². The number of hydrogen-bond acceptors (Lipinski definition) is 15. The van der Waals surface area contributed by atoms with Gasteiger partial charge in [-0.3, -0.25) is 14.4 Å². The van der Waals surface area contributed by atoms with E-state index >= 15 is 0 Å². The fourth-order valence-electron chi connectivity index (χ4n) is 8.41. The van der Waals surface area contributed by atoms with Crippen LogP contribution in [0.2, 0.25) is 0 Å². The van der Waals surface area contributed by atoms with Crippen LogP contribution in [0.15, 0.2) is 28.3 Å². The number of nitrogens with zero attached hydrogens (tertiary/aromatic N) is 4. The minimum atomic E-state index is -1.86. The van der Waals surface area contributed by atoms with E-state index in [1.165, 1.54) is 20.8 Å². The van der Waals surface area contributed by atoms with Crippen molar-refractivity contribution in [3.63, 3.8) is 0 Å². The maximum Gasteiger partial charge on any atom is 0.316 e. The van der Waals surface area contributed by atoms with Gasteiger partial charge in [-0.25, -0.2) is 9.98 Å². The highest BCUT2D eigenvalue weighted by molar-refractivity contribution is 6.00. The first-order valence-corrected chi connectivity index (χ1v) is 20.1. The Morgan fingerprint density at radius 3 is 2.47 bits per heavy atom.